The highest BCUT2D eigenvalue weighted by atomic mass is 32.2. The van der Waals surface area contributed by atoms with Gasteiger partial charge in [0.1, 0.15) is 4.90 Å². The molecule has 2 atom stereocenters. The molecule has 106 valence electrons. The van der Waals surface area contributed by atoms with Crippen molar-refractivity contribution < 1.29 is 8.42 Å². The van der Waals surface area contributed by atoms with Gasteiger partial charge in [0.05, 0.1) is 5.69 Å². The van der Waals surface area contributed by atoms with Crippen molar-refractivity contribution in [3.63, 3.8) is 0 Å². The van der Waals surface area contributed by atoms with Gasteiger partial charge in [-0.1, -0.05) is 13.0 Å². The summed E-state index contributed by atoms with van der Waals surface area (Å²) in [5.74, 6) is 1.12. The van der Waals surface area contributed by atoms with Crippen LogP contribution in [0.5, 0.6) is 0 Å². The van der Waals surface area contributed by atoms with E-state index in [0.717, 1.165) is 17.5 Å². The molecule has 0 aromatic heterocycles. The van der Waals surface area contributed by atoms with Crippen LogP contribution in [0.1, 0.15) is 24.5 Å². The van der Waals surface area contributed by atoms with Crippen LogP contribution in [0.15, 0.2) is 17.0 Å². The molecule has 1 aliphatic rings. The summed E-state index contributed by atoms with van der Waals surface area (Å²) in [5, 5.41) is 0. The molecule has 1 fully saturated rings. The van der Waals surface area contributed by atoms with Gasteiger partial charge < -0.3 is 5.73 Å². The number of hydrogen-bond donors (Lipinski definition) is 1. The van der Waals surface area contributed by atoms with E-state index in [2.05, 4.69) is 6.92 Å². The standard InChI is InChI=1S/C14H22N2O2S/c1-9-5-6-13(15)14(11(9)3)19(17,18)16(4)8-12-7-10(12)2/h5-6,10,12H,7-8,15H2,1-4H3. The quantitative estimate of drug-likeness (QED) is 0.861. The van der Waals surface area contributed by atoms with Crippen LogP contribution in [0.3, 0.4) is 0 Å². The number of sulfonamides is 1. The van der Waals surface area contributed by atoms with Crippen LogP contribution in [0.25, 0.3) is 0 Å². The summed E-state index contributed by atoms with van der Waals surface area (Å²) in [7, 11) is -1.85. The van der Waals surface area contributed by atoms with E-state index in [1.54, 1.807) is 13.1 Å². The van der Waals surface area contributed by atoms with E-state index in [9.17, 15) is 8.42 Å². The first kappa shape index (κ1) is 14.3. The van der Waals surface area contributed by atoms with E-state index in [4.69, 9.17) is 5.73 Å². The maximum absolute atomic E-state index is 12.6. The van der Waals surface area contributed by atoms with Crippen LogP contribution in [-0.2, 0) is 10.0 Å². The number of nitrogens with two attached hydrogens (primary N) is 1. The van der Waals surface area contributed by atoms with E-state index in [-0.39, 0.29) is 4.90 Å². The Labute approximate surface area is 115 Å². The molecule has 1 aromatic carbocycles. The van der Waals surface area contributed by atoms with E-state index < -0.39 is 10.0 Å². The lowest BCUT2D eigenvalue weighted by Gasteiger charge is -2.20. The molecule has 19 heavy (non-hydrogen) atoms. The van der Waals surface area contributed by atoms with Crippen molar-refractivity contribution in [2.75, 3.05) is 19.3 Å². The predicted octanol–water partition coefficient (Wildman–Crippen LogP) is 2.16. The van der Waals surface area contributed by atoms with Crippen LogP contribution in [0.2, 0.25) is 0 Å². The highest BCUT2D eigenvalue weighted by Gasteiger charge is 2.37. The topological polar surface area (TPSA) is 63.4 Å². The second-order valence-corrected chi connectivity index (χ2v) is 7.67. The minimum atomic E-state index is -3.49. The molecular weight excluding hydrogens is 260 g/mol. The van der Waals surface area contributed by atoms with Crippen molar-refractivity contribution in [2.24, 2.45) is 11.8 Å². The van der Waals surface area contributed by atoms with Gasteiger partial charge in [0.15, 0.2) is 0 Å². The van der Waals surface area contributed by atoms with Crippen molar-refractivity contribution in [3.05, 3.63) is 23.3 Å². The lowest BCUT2D eigenvalue weighted by atomic mass is 10.1. The molecule has 0 bridgehead atoms. The van der Waals surface area contributed by atoms with Crippen molar-refractivity contribution in [2.45, 2.75) is 32.1 Å². The third kappa shape index (κ3) is 2.62. The Hall–Kier alpha value is -1.07. The van der Waals surface area contributed by atoms with E-state index in [1.807, 2.05) is 19.9 Å². The number of benzene rings is 1. The van der Waals surface area contributed by atoms with Gasteiger partial charge in [0.25, 0.3) is 0 Å². The molecular formula is C14H22N2O2S. The normalized spacial score (nSPS) is 22.8. The average Bonchev–Trinajstić information content (AvgIpc) is 3.00. The number of anilines is 1. The van der Waals surface area contributed by atoms with Gasteiger partial charge in [-0.05, 0) is 49.3 Å². The van der Waals surface area contributed by atoms with Crippen molar-refractivity contribution in [1.29, 1.82) is 0 Å². The second-order valence-electron chi connectivity index (χ2n) is 5.68. The van der Waals surface area contributed by atoms with Gasteiger partial charge in [0, 0.05) is 13.6 Å². The van der Waals surface area contributed by atoms with Gasteiger partial charge in [-0.2, -0.15) is 0 Å². The summed E-state index contributed by atoms with van der Waals surface area (Å²) in [4.78, 5) is 0.267. The van der Waals surface area contributed by atoms with Gasteiger partial charge in [-0.3, -0.25) is 0 Å². The zero-order chi connectivity index (χ0) is 14.4. The van der Waals surface area contributed by atoms with Crippen molar-refractivity contribution >= 4 is 15.7 Å². The Balaban J connectivity index is 2.36. The molecule has 2 unspecified atom stereocenters. The van der Waals surface area contributed by atoms with Crippen molar-refractivity contribution in [3.8, 4) is 0 Å². The van der Waals surface area contributed by atoms with E-state index >= 15 is 0 Å². The predicted molar refractivity (Wildman–Crippen MR) is 77.4 cm³/mol. The third-order valence-electron chi connectivity index (χ3n) is 4.14. The van der Waals surface area contributed by atoms with Gasteiger partial charge in [-0.15, -0.1) is 0 Å². The summed E-state index contributed by atoms with van der Waals surface area (Å²) in [6, 6.07) is 3.52. The molecule has 4 nitrogen and oxygen atoms in total. The third-order valence-corrected chi connectivity index (χ3v) is 6.17. The lowest BCUT2D eigenvalue weighted by Crippen LogP contribution is -2.30. The van der Waals surface area contributed by atoms with Crippen molar-refractivity contribution in [1.82, 2.24) is 4.31 Å². The first-order valence-electron chi connectivity index (χ1n) is 6.57. The monoisotopic (exact) mass is 282 g/mol. The Morgan fingerprint density at radius 3 is 2.47 bits per heavy atom. The van der Waals surface area contributed by atoms with Crippen LogP contribution in [0.4, 0.5) is 5.69 Å². The highest BCUT2D eigenvalue weighted by molar-refractivity contribution is 7.89. The fourth-order valence-corrected chi connectivity index (χ4v) is 4.00. The summed E-state index contributed by atoms with van der Waals surface area (Å²) in [6.07, 6.45) is 1.11. The first-order valence-corrected chi connectivity index (χ1v) is 8.01. The fraction of sp³-hybridized carbons (Fsp3) is 0.571. The molecule has 5 heteroatoms. The molecule has 0 heterocycles. The van der Waals surface area contributed by atoms with E-state index in [1.165, 1.54) is 4.31 Å². The van der Waals surface area contributed by atoms with Crippen LogP contribution in [0, 0.1) is 25.7 Å². The van der Waals surface area contributed by atoms with Gasteiger partial charge >= 0.3 is 0 Å². The second kappa shape index (κ2) is 4.80. The van der Waals surface area contributed by atoms with Crippen LogP contribution >= 0.6 is 0 Å². The maximum atomic E-state index is 12.6. The molecule has 1 saturated carbocycles. The summed E-state index contributed by atoms with van der Waals surface area (Å²) >= 11 is 0. The van der Waals surface area contributed by atoms with E-state index in [0.29, 0.717) is 24.1 Å². The zero-order valence-corrected chi connectivity index (χ0v) is 12.8. The largest absolute Gasteiger partial charge is 0.398 e. The first-order chi connectivity index (χ1) is 8.75. The Morgan fingerprint density at radius 2 is 1.95 bits per heavy atom. The smallest absolute Gasteiger partial charge is 0.245 e. The lowest BCUT2D eigenvalue weighted by molar-refractivity contribution is 0.444. The molecule has 1 aliphatic carbocycles. The molecule has 1 aromatic rings. The number of rotatable bonds is 4. The highest BCUT2D eigenvalue weighted by Crippen LogP contribution is 2.39. The summed E-state index contributed by atoms with van der Waals surface area (Å²) in [5.41, 5.74) is 7.91. The fourth-order valence-electron chi connectivity index (χ4n) is 2.39. The molecule has 0 saturated heterocycles. The van der Waals surface area contributed by atoms with Gasteiger partial charge in [-0.25, -0.2) is 12.7 Å². The Kier molecular flexibility index (Phi) is 3.62. The number of hydrogen-bond acceptors (Lipinski definition) is 3. The molecule has 0 radical (unpaired) electrons. The average molecular weight is 282 g/mol. The molecule has 2 N–H and O–H groups in total. The molecule has 2 rings (SSSR count). The number of nitrogens with zero attached hydrogens (tertiary/aromatic N) is 1. The molecule has 0 spiro atoms. The van der Waals surface area contributed by atoms with Gasteiger partial charge in [0.2, 0.25) is 10.0 Å². The Bertz CT molecular complexity index is 596. The number of nitrogen functional groups attached to an aromatic ring is 1. The molecule has 0 aliphatic heterocycles. The SMILES string of the molecule is Cc1ccc(N)c(S(=O)(=O)N(C)CC2CC2C)c1C. The summed E-state index contributed by atoms with van der Waals surface area (Å²) in [6.45, 7) is 6.44. The zero-order valence-electron chi connectivity index (χ0n) is 12.0. The minimum absolute atomic E-state index is 0.267. The Morgan fingerprint density at radius 1 is 1.37 bits per heavy atom. The number of aryl methyl sites for hydroxylation is 1. The maximum Gasteiger partial charge on any atom is 0.245 e. The van der Waals surface area contributed by atoms with Crippen LogP contribution < -0.4 is 5.73 Å². The minimum Gasteiger partial charge on any atom is -0.398 e. The van der Waals surface area contributed by atoms with Crippen LogP contribution in [-0.4, -0.2) is 26.3 Å². The molecule has 0 amide bonds. The summed E-state index contributed by atoms with van der Waals surface area (Å²) < 4.78 is 26.7.